The van der Waals surface area contributed by atoms with E-state index in [-0.39, 0.29) is 0 Å². The largest absolute Gasteiger partial charge is 0.403 e. The second kappa shape index (κ2) is 6.86. The van der Waals surface area contributed by atoms with Crippen molar-refractivity contribution in [2.45, 2.75) is 25.9 Å². The third-order valence-corrected chi connectivity index (χ3v) is 5.47. The second-order valence-electron chi connectivity index (χ2n) is 7.60. The van der Waals surface area contributed by atoms with Crippen molar-refractivity contribution in [1.82, 2.24) is 19.7 Å². The number of anilines is 1. The summed E-state index contributed by atoms with van der Waals surface area (Å²) in [6.07, 6.45) is 3.61. The summed E-state index contributed by atoms with van der Waals surface area (Å²) in [5, 5.41) is 4.78. The van der Waals surface area contributed by atoms with Gasteiger partial charge in [0.1, 0.15) is 5.82 Å². The van der Waals surface area contributed by atoms with E-state index >= 15 is 0 Å². The molecule has 0 aliphatic carbocycles. The number of rotatable bonds is 2. The molecule has 4 aromatic rings. The zero-order valence-corrected chi connectivity index (χ0v) is 16.8. The standard InChI is InChI=1S/C21H20ClN5O2/c1-12-9-27(10-13(2)23-12)18-6-5-14-8-15(21(28)29-20(14)25-18)17-11-26-7-3-4-16(22)19(26)24-17/h3-8,11-13,23H,9-10H2,1-2H3/t12-,13+. The van der Waals surface area contributed by atoms with Crippen molar-refractivity contribution in [2.75, 3.05) is 18.0 Å². The van der Waals surface area contributed by atoms with Crippen molar-refractivity contribution in [3.05, 3.63) is 58.2 Å². The Bertz CT molecular complexity index is 1270. The fraction of sp³-hybridized carbons (Fsp3) is 0.286. The van der Waals surface area contributed by atoms with Gasteiger partial charge in [0, 0.05) is 43.0 Å². The van der Waals surface area contributed by atoms with Crippen molar-refractivity contribution in [3.8, 4) is 11.3 Å². The van der Waals surface area contributed by atoms with E-state index in [0.29, 0.717) is 39.7 Å². The van der Waals surface area contributed by atoms with E-state index in [4.69, 9.17) is 16.0 Å². The van der Waals surface area contributed by atoms with Gasteiger partial charge in [0.2, 0.25) is 5.71 Å². The van der Waals surface area contributed by atoms with Crippen LogP contribution in [0.1, 0.15) is 13.8 Å². The number of imidazole rings is 1. The topological polar surface area (TPSA) is 75.7 Å². The van der Waals surface area contributed by atoms with Crippen LogP contribution in [0.2, 0.25) is 5.02 Å². The number of nitrogens with zero attached hydrogens (tertiary/aromatic N) is 4. The fourth-order valence-electron chi connectivity index (χ4n) is 3.97. The molecule has 0 amide bonds. The van der Waals surface area contributed by atoms with Crippen molar-refractivity contribution in [3.63, 3.8) is 0 Å². The maximum Gasteiger partial charge on any atom is 0.347 e. The number of hydrogen-bond donors (Lipinski definition) is 1. The van der Waals surface area contributed by atoms with Crippen LogP contribution in [0.4, 0.5) is 5.82 Å². The van der Waals surface area contributed by atoms with E-state index < -0.39 is 5.63 Å². The highest BCUT2D eigenvalue weighted by molar-refractivity contribution is 6.33. The predicted molar refractivity (Wildman–Crippen MR) is 114 cm³/mol. The SMILES string of the molecule is C[C@@H]1CN(c2ccc3cc(-c4cn5cccc(Cl)c5n4)c(=O)oc3n2)C[C@H](C)N1. The van der Waals surface area contributed by atoms with Crippen molar-refractivity contribution in [1.29, 1.82) is 0 Å². The highest BCUT2D eigenvalue weighted by Gasteiger charge is 2.22. The minimum absolute atomic E-state index is 0.330. The van der Waals surface area contributed by atoms with Crippen molar-refractivity contribution < 1.29 is 4.42 Å². The molecule has 0 aromatic carbocycles. The summed E-state index contributed by atoms with van der Waals surface area (Å²) in [4.78, 5) is 24.0. The van der Waals surface area contributed by atoms with E-state index in [1.54, 1.807) is 22.7 Å². The van der Waals surface area contributed by atoms with Gasteiger partial charge >= 0.3 is 5.63 Å². The maximum absolute atomic E-state index is 12.7. The molecule has 148 valence electrons. The second-order valence-corrected chi connectivity index (χ2v) is 8.01. The van der Waals surface area contributed by atoms with E-state index in [2.05, 4.69) is 34.0 Å². The maximum atomic E-state index is 12.7. The Hall–Kier alpha value is -2.90. The molecule has 1 saturated heterocycles. The summed E-state index contributed by atoms with van der Waals surface area (Å²) in [6, 6.07) is 10.0. The number of halogens is 1. The monoisotopic (exact) mass is 409 g/mol. The van der Waals surface area contributed by atoms with E-state index in [9.17, 15) is 4.79 Å². The molecule has 2 atom stereocenters. The molecule has 1 fully saturated rings. The molecule has 0 saturated carbocycles. The molecule has 0 radical (unpaired) electrons. The lowest BCUT2D eigenvalue weighted by Gasteiger charge is -2.36. The van der Waals surface area contributed by atoms with Gasteiger partial charge < -0.3 is 19.0 Å². The highest BCUT2D eigenvalue weighted by atomic mass is 35.5. The van der Waals surface area contributed by atoms with Crippen LogP contribution in [-0.4, -0.2) is 39.5 Å². The number of piperazine rings is 1. The van der Waals surface area contributed by atoms with Gasteiger partial charge in [0.05, 0.1) is 16.3 Å². The van der Waals surface area contributed by atoms with Gasteiger partial charge in [-0.1, -0.05) is 11.6 Å². The molecule has 1 N–H and O–H groups in total. The quantitative estimate of drug-likeness (QED) is 0.547. The Kier molecular flexibility index (Phi) is 4.29. The van der Waals surface area contributed by atoms with Crippen LogP contribution in [0.3, 0.4) is 0 Å². The Morgan fingerprint density at radius 2 is 1.97 bits per heavy atom. The third-order valence-electron chi connectivity index (χ3n) is 5.18. The number of fused-ring (bicyclic) bond motifs is 2. The Morgan fingerprint density at radius 1 is 1.17 bits per heavy atom. The van der Waals surface area contributed by atoms with Crippen molar-refractivity contribution >= 4 is 34.2 Å². The summed E-state index contributed by atoms with van der Waals surface area (Å²) < 4.78 is 7.35. The zero-order chi connectivity index (χ0) is 20.1. The Morgan fingerprint density at radius 3 is 2.72 bits per heavy atom. The van der Waals surface area contributed by atoms with E-state index in [1.807, 2.05) is 24.4 Å². The van der Waals surface area contributed by atoms with Gasteiger partial charge in [-0.05, 0) is 44.2 Å². The van der Waals surface area contributed by atoms with Crippen LogP contribution in [0.5, 0.6) is 0 Å². The van der Waals surface area contributed by atoms with Gasteiger partial charge in [-0.15, -0.1) is 0 Å². The average molecular weight is 410 g/mol. The lowest BCUT2D eigenvalue weighted by molar-refractivity contribution is 0.405. The molecule has 4 aromatic heterocycles. The molecular formula is C21H20ClN5O2. The van der Waals surface area contributed by atoms with Gasteiger partial charge in [-0.3, -0.25) is 0 Å². The molecule has 29 heavy (non-hydrogen) atoms. The zero-order valence-electron chi connectivity index (χ0n) is 16.1. The molecule has 1 aliphatic heterocycles. The van der Waals surface area contributed by atoms with Gasteiger partial charge in [0.25, 0.3) is 0 Å². The van der Waals surface area contributed by atoms with Crippen LogP contribution in [0.15, 0.2) is 51.9 Å². The number of nitrogens with one attached hydrogen (secondary N) is 1. The fourth-order valence-corrected chi connectivity index (χ4v) is 4.18. The molecule has 0 unspecified atom stereocenters. The Labute approximate surface area is 171 Å². The summed E-state index contributed by atoms with van der Waals surface area (Å²) in [5.41, 5.74) is 1.36. The first-order valence-electron chi connectivity index (χ1n) is 9.57. The molecule has 0 spiro atoms. The third kappa shape index (κ3) is 3.26. The summed E-state index contributed by atoms with van der Waals surface area (Å²) in [5.74, 6) is 0.813. The van der Waals surface area contributed by atoms with E-state index in [0.717, 1.165) is 24.3 Å². The minimum Gasteiger partial charge on any atom is -0.403 e. The number of pyridine rings is 2. The molecule has 5 rings (SSSR count). The first-order chi connectivity index (χ1) is 14.0. The number of aromatic nitrogens is 3. The minimum atomic E-state index is -0.469. The summed E-state index contributed by atoms with van der Waals surface area (Å²) in [6.45, 7) is 6.01. The smallest absolute Gasteiger partial charge is 0.347 e. The van der Waals surface area contributed by atoms with Crippen LogP contribution in [-0.2, 0) is 0 Å². The van der Waals surface area contributed by atoms with Crippen LogP contribution in [0, 0.1) is 0 Å². The first-order valence-corrected chi connectivity index (χ1v) is 9.95. The lowest BCUT2D eigenvalue weighted by Crippen LogP contribution is -2.54. The molecule has 8 heteroatoms. The van der Waals surface area contributed by atoms with Crippen molar-refractivity contribution in [2.24, 2.45) is 0 Å². The highest BCUT2D eigenvalue weighted by Crippen LogP contribution is 2.25. The van der Waals surface area contributed by atoms with Gasteiger partial charge in [-0.25, -0.2) is 9.78 Å². The average Bonchev–Trinajstić information content (AvgIpc) is 3.11. The van der Waals surface area contributed by atoms with Gasteiger partial charge in [-0.2, -0.15) is 4.98 Å². The lowest BCUT2D eigenvalue weighted by atomic mass is 10.1. The van der Waals surface area contributed by atoms with E-state index in [1.165, 1.54) is 0 Å². The summed E-state index contributed by atoms with van der Waals surface area (Å²) in [7, 11) is 0. The van der Waals surface area contributed by atoms with Gasteiger partial charge in [0.15, 0.2) is 5.65 Å². The number of hydrogen-bond acceptors (Lipinski definition) is 6. The molecule has 5 heterocycles. The molecule has 0 bridgehead atoms. The predicted octanol–water partition coefficient (Wildman–Crippen LogP) is 3.34. The normalized spacial score (nSPS) is 19.9. The molecule has 7 nitrogen and oxygen atoms in total. The van der Waals surface area contributed by atoms with Crippen LogP contribution < -0.4 is 15.8 Å². The Balaban J connectivity index is 1.56. The van der Waals surface area contributed by atoms with Crippen LogP contribution >= 0.6 is 11.6 Å². The summed E-state index contributed by atoms with van der Waals surface area (Å²) >= 11 is 6.20. The molecule has 1 aliphatic rings. The first kappa shape index (κ1) is 18.1. The molecular weight excluding hydrogens is 390 g/mol. The van der Waals surface area contributed by atoms with Crippen LogP contribution in [0.25, 0.3) is 28.0 Å².